The Labute approximate surface area is 70.2 Å². The van der Waals surface area contributed by atoms with Crippen LogP contribution in [0.1, 0.15) is 0 Å². The molecule has 0 aliphatic rings. The predicted molar refractivity (Wildman–Crippen MR) is 39.7 cm³/mol. The fourth-order valence-corrected chi connectivity index (χ4v) is 1.29. The Kier molecular flexibility index (Phi) is 6.11. The van der Waals surface area contributed by atoms with E-state index in [2.05, 4.69) is 0 Å². The largest absolute Gasteiger partial charge is 0.317 e. The van der Waals surface area contributed by atoms with Crippen molar-refractivity contribution in [2.45, 2.75) is 0 Å². The predicted octanol–water partition coefficient (Wildman–Crippen LogP) is 1.02. The SMILES string of the molecule is O=P(=O)CCN(O)CCP(=O)=O. The highest BCUT2D eigenvalue weighted by atomic mass is 31.1. The van der Waals surface area contributed by atoms with Gasteiger partial charge in [-0.05, 0) is 0 Å². The first-order valence-electron chi connectivity index (χ1n) is 3.20. The number of hydroxylamine groups is 2. The van der Waals surface area contributed by atoms with Gasteiger partial charge in [-0.2, -0.15) is 5.06 Å². The first kappa shape index (κ1) is 11.7. The maximum Gasteiger partial charge on any atom is 0.317 e. The molecule has 12 heavy (non-hydrogen) atoms. The third kappa shape index (κ3) is 7.82. The fraction of sp³-hybridized carbons (Fsp3) is 1.00. The monoisotopic (exact) mass is 213 g/mol. The van der Waals surface area contributed by atoms with Crippen LogP contribution in [0.15, 0.2) is 0 Å². The van der Waals surface area contributed by atoms with E-state index in [-0.39, 0.29) is 25.4 Å². The topological polar surface area (TPSA) is 91.8 Å². The zero-order valence-electron chi connectivity index (χ0n) is 6.25. The lowest BCUT2D eigenvalue weighted by Crippen LogP contribution is -2.23. The molecule has 0 radical (unpaired) electrons. The molecule has 0 aliphatic heterocycles. The first-order chi connectivity index (χ1) is 5.52. The lowest BCUT2D eigenvalue weighted by Gasteiger charge is -2.08. The molecule has 0 aliphatic carbocycles. The summed E-state index contributed by atoms with van der Waals surface area (Å²) in [5, 5.41) is 9.52. The smallest absolute Gasteiger partial charge is 0.314 e. The Morgan fingerprint density at radius 2 is 1.25 bits per heavy atom. The van der Waals surface area contributed by atoms with Crippen LogP contribution in [0.25, 0.3) is 0 Å². The molecule has 0 atom stereocenters. The molecule has 0 saturated carbocycles. The van der Waals surface area contributed by atoms with Crippen molar-refractivity contribution in [3.8, 4) is 0 Å². The zero-order valence-corrected chi connectivity index (χ0v) is 8.04. The second-order valence-corrected chi connectivity index (χ2v) is 4.29. The van der Waals surface area contributed by atoms with Crippen molar-refractivity contribution in [3.05, 3.63) is 0 Å². The molecular formula is C4H9NO5P2. The van der Waals surface area contributed by atoms with Crippen LogP contribution in [0, 0.1) is 0 Å². The van der Waals surface area contributed by atoms with Gasteiger partial charge in [-0.25, -0.2) is 18.3 Å². The molecule has 0 saturated heterocycles. The Hall–Kier alpha value is -0.280. The van der Waals surface area contributed by atoms with E-state index in [4.69, 9.17) is 5.21 Å². The summed E-state index contributed by atoms with van der Waals surface area (Å²) in [6, 6.07) is 0. The molecule has 0 rings (SSSR count). The number of nitrogens with zero attached hydrogens (tertiary/aromatic N) is 1. The van der Waals surface area contributed by atoms with Crippen LogP contribution >= 0.6 is 15.4 Å². The van der Waals surface area contributed by atoms with E-state index in [1.165, 1.54) is 0 Å². The van der Waals surface area contributed by atoms with E-state index < -0.39 is 15.4 Å². The second-order valence-electron chi connectivity index (χ2n) is 2.07. The molecule has 0 spiro atoms. The molecule has 0 fully saturated rings. The maximum atomic E-state index is 10.0. The molecule has 8 heteroatoms. The zero-order chi connectivity index (χ0) is 9.56. The number of rotatable bonds is 6. The molecular weight excluding hydrogens is 204 g/mol. The van der Waals surface area contributed by atoms with Gasteiger partial charge < -0.3 is 5.21 Å². The molecule has 0 aromatic heterocycles. The van der Waals surface area contributed by atoms with Gasteiger partial charge in [-0.3, -0.25) is 0 Å². The van der Waals surface area contributed by atoms with E-state index in [1.807, 2.05) is 0 Å². The second kappa shape index (κ2) is 6.26. The summed E-state index contributed by atoms with van der Waals surface area (Å²) in [4.78, 5) is 0. The average Bonchev–Trinajstić information content (AvgIpc) is 1.96. The van der Waals surface area contributed by atoms with Crippen LogP contribution in [-0.4, -0.2) is 35.7 Å². The molecule has 0 bridgehead atoms. The first-order valence-corrected chi connectivity index (χ1v) is 5.92. The van der Waals surface area contributed by atoms with Crippen molar-refractivity contribution < 1.29 is 23.5 Å². The van der Waals surface area contributed by atoms with Crippen LogP contribution in [0.5, 0.6) is 0 Å². The van der Waals surface area contributed by atoms with Gasteiger partial charge >= 0.3 is 15.4 Å². The van der Waals surface area contributed by atoms with Gasteiger partial charge in [0, 0.05) is 13.1 Å². The van der Waals surface area contributed by atoms with Crippen LogP contribution in [0.4, 0.5) is 0 Å². The van der Waals surface area contributed by atoms with E-state index in [9.17, 15) is 18.3 Å². The quantitative estimate of drug-likeness (QED) is 0.523. The van der Waals surface area contributed by atoms with Crippen LogP contribution in [-0.2, 0) is 18.3 Å². The standard InChI is InChI=1S/C4H9NO5P2/c6-5(1-3-11(7)8)2-4-12(9)10/h6H,1-4H2. The molecule has 0 aromatic rings. The fourth-order valence-electron chi connectivity index (χ4n) is 0.506. The maximum absolute atomic E-state index is 10.0. The summed E-state index contributed by atoms with van der Waals surface area (Å²) >= 11 is 0. The molecule has 6 nitrogen and oxygen atoms in total. The van der Waals surface area contributed by atoms with Gasteiger partial charge in [-0.15, -0.1) is 0 Å². The summed E-state index contributed by atoms with van der Waals surface area (Å²) in [5.74, 6) is 0. The molecule has 70 valence electrons. The highest BCUT2D eigenvalue weighted by Gasteiger charge is 2.03. The normalized spacial score (nSPS) is 10.2. The minimum atomic E-state index is -2.51. The summed E-state index contributed by atoms with van der Waals surface area (Å²) < 4.78 is 40.1. The highest BCUT2D eigenvalue weighted by molar-refractivity contribution is 7.31. The van der Waals surface area contributed by atoms with Gasteiger partial charge in [0.05, 0.1) is 12.3 Å². The average molecular weight is 213 g/mol. The molecule has 0 unspecified atom stereocenters. The minimum Gasteiger partial charge on any atom is -0.314 e. The van der Waals surface area contributed by atoms with Crippen molar-refractivity contribution in [2.24, 2.45) is 0 Å². The molecule has 0 aromatic carbocycles. The van der Waals surface area contributed by atoms with Gasteiger partial charge in [0.25, 0.3) is 0 Å². The van der Waals surface area contributed by atoms with Gasteiger partial charge in [0.15, 0.2) is 0 Å². The van der Waals surface area contributed by atoms with Gasteiger partial charge in [-0.1, -0.05) is 0 Å². The summed E-state index contributed by atoms with van der Waals surface area (Å²) in [5.41, 5.74) is 0. The highest BCUT2D eigenvalue weighted by Crippen LogP contribution is 2.04. The Morgan fingerprint density at radius 1 is 0.917 bits per heavy atom. The number of hydrogen-bond acceptors (Lipinski definition) is 6. The minimum absolute atomic E-state index is 0.0537. The third-order valence-electron chi connectivity index (χ3n) is 1.08. The lowest BCUT2D eigenvalue weighted by atomic mass is 10.6. The van der Waals surface area contributed by atoms with Crippen molar-refractivity contribution in [1.29, 1.82) is 0 Å². The van der Waals surface area contributed by atoms with Crippen LogP contribution in [0.2, 0.25) is 0 Å². The van der Waals surface area contributed by atoms with Gasteiger partial charge in [0.2, 0.25) is 0 Å². The Bertz CT molecular complexity index is 216. The van der Waals surface area contributed by atoms with Crippen LogP contribution < -0.4 is 0 Å². The summed E-state index contributed by atoms with van der Waals surface area (Å²) in [6.45, 7) is -0.107. The van der Waals surface area contributed by atoms with Crippen molar-refractivity contribution in [1.82, 2.24) is 5.06 Å². The van der Waals surface area contributed by atoms with Crippen LogP contribution in [0.3, 0.4) is 0 Å². The van der Waals surface area contributed by atoms with E-state index in [0.29, 0.717) is 5.06 Å². The summed E-state index contributed by atoms with van der Waals surface area (Å²) in [7, 11) is -5.02. The molecule has 0 amide bonds. The van der Waals surface area contributed by atoms with Crippen molar-refractivity contribution in [2.75, 3.05) is 25.4 Å². The van der Waals surface area contributed by atoms with Gasteiger partial charge in [0.1, 0.15) is 0 Å². The summed E-state index contributed by atoms with van der Waals surface area (Å²) in [6.07, 6.45) is -0.330. The molecule has 0 heterocycles. The third-order valence-corrected chi connectivity index (χ3v) is 2.21. The Morgan fingerprint density at radius 3 is 1.50 bits per heavy atom. The van der Waals surface area contributed by atoms with Crippen molar-refractivity contribution >= 4 is 15.4 Å². The lowest BCUT2D eigenvalue weighted by molar-refractivity contribution is -0.0799. The molecule has 1 N–H and O–H groups in total. The van der Waals surface area contributed by atoms with E-state index in [1.54, 1.807) is 0 Å². The Balaban J connectivity index is 3.52. The van der Waals surface area contributed by atoms with Crippen molar-refractivity contribution in [3.63, 3.8) is 0 Å². The number of hydrogen-bond donors (Lipinski definition) is 1. The van der Waals surface area contributed by atoms with E-state index in [0.717, 1.165) is 0 Å². The van der Waals surface area contributed by atoms with E-state index >= 15 is 0 Å².